The number of sulfonamides is 1. The number of nitrogens with zero attached hydrogens (tertiary/aromatic N) is 1. The van der Waals surface area contributed by atoms with E-state index in [9.17, 15) is 12.8 Å². The number of halogens is 3. The van der Waals surface area contributed by atoms with Gasteiger partial charge in [-0.1, -0.05) is 41.4 Å². The fraction of sp³-hybridized carbons (Fsp3) is 0.150. The minimum absolute atomic E-state index is 0.0251. The van der Waals surface area contributed by atoms with E-state index in [2.05, 4.69) is 9.71 Å². The summed E-state index contributed by atoms with van der Waals surface area (Å²) in [7, 11) is -3.96. The van der Waals surface area contributed by atoms with E-state index in [1.165, 1.54) is 30.3 Å². The zero-order valence-electron chi connectivity index (χ0n) is 15.3. The molecule has 1 N–H and O–H groups in total. The summed E-state index contributed by atoms with van der Waals surface area (Å²) in [4.78, 5) is 4.19. The smallest absolute Gasteiger partial charge is 0.264 e. The van der Waals surface area contributed by atoms with Crippen molar-refractivity contribution in [2.75, 3.05) is 4.72 Å². The molecule has 0 aliphatic rings. The van der Waals surface area contributed by atoms with Crippen molar-refractivity contribution in [2.24, 2.45) is 0 Å². The number of aromatic nitrogens is 1. The van der Waals surface area contributed by atoms with Gasteiger partial charge < -0.3 is 4.74 Å². The van der Waals surface area contributed by atoms with Crippen LogP contribution in [0, 0.1) is 12.7 Å². The van der Waals surface area contributed by atoms with Gasteiger partial charge in [-0.05, 0) is 54.4 Å². The Morgan fingerprint density at radius 3 is 2.55 bits per heavy atom. The Kier molecular flexibility index (Phi) is 6.74. The molecule has 1 heterocycles. The van der Waals surface area contributed by atoms with Crippen LogP contribution in [0.25, 0.3) is 0 Å². The van der Waals surface area contributed by atoms with E-state index >= 15 is 0 Å². The molecule has 5 nitrogen and oxygen atoms in total. The predicted octanol–water partition coefficient (Wildman–Crippen LogP) is 5.35. The Labute approximate surface area is 178 Å². The molecule has 0 aliphatic carbocycles. The SMILES string of the molecule is Cc1cc(Cl)cc(Cl)c1S(=O)(=O)Nc1cccc(COCc2cccc(F)c2)n1. The number of rotatable bonds is 7. The monoisotopic (exact) mass is 454 g/mol. The number of benzene rings is 2. The summed E-state index contributed by atoms with van der Waals surface area (Å²) in [5.74, 6) is -0.209. The fourth-order valence-corrected chi connectivity index (χ4v) is 4.92. The molecule has 0 saturated carbocycles. The Morgan fingerprint density at radius 2 is 1.83 bits per heavy atom. The lowest BCUT2D eigenvalue weighted by Crippen LogP contribution is -2.16. The summed E-state index contributed by atoms with van der Waals surface area (Å²) in [5, 5.41) is 0.374. The molecule has 9 heteroatoms. The molecule has 0 saturated heterocycles. The van der Waals surface area contributed by atoms with E-state index in [0.717, 1.165) is 0 Å². The van der Waals surface area contributed by atoms with Gasteiger partial charge in [0.2, 0.25) is 0 Å². The van der Waals surface area contributed by atoms with Crippen molar-refractivity contribution >= 4 is 39.0 Å². The normalized spacial score (nSPS) is 11.4. The van der Waals surface area contributed by atoms with Crippen LogP contribution >= 0.6 is 23.2 Å². The summed E-state index contributed by atoms with van der Waals surface area (Å²) in [5.41, 5.74) is 1.62. The van der Waals surface area contributed by atoms with Crippen LogP contribution < -0.4 is 4.72 Å². The highest BCUT2D eigenvalue weighted by Crippen LogP contribution is 2.30. The average molecular weight is 455 g/mol. The molecule has 0 fully saturated rings. The Balaban J connectivity index is 1.71. The van der Waals surface area contributed by atoms with E-state index in [4.69, 9.17) is 27.9 Å². The summed E-state index contributed by atoms with van der Waals surface area (Å²) in [6.45, 7) is 1.94. The molecule has 29 heavy (non-hydrogen) atoms. The van der Waals surface area contributed by atoms with E-state index in [1.807, 2.05) is 0 Å². The number of hydrogen-bond acceptors (Lipinski definition) is 4. The van der Waals surface area contributed by atoms with Crippen LogP contribution in [0.5, 0.6) is 0 Å². The van der Waals surface area contributed by atoms with Crippen molar-refractivity contribution < 1.29 is 17.5 Å². The lowest BCUT2D eigenvalue weighted by atomic mass is 10.2. The van der Waals surface area contributed by atoms with E-state index < -0.39 is 10.0 Å². The van der Waals surface area contributed by atoms with Gasteiger partial charge in [0, 0.05) is 5.02 Å². The summed E-state index contributed by atoms with van der Waals surface area (Å²) >= 11 is 12.0. The van der Waals surface area contributed by atoms with Gasteiger partial charge >= 0.3 is 0 Å². The third-order valence-corrected chi connectivity index (χ3v) is 6.10. The van der Waals surface area contributed by atoms with E-state index in [1.54, 1.807) is 31.2 Å². The molecular weight excluding hydrogens is 438 g/mol. The van der Waals surface area contributed by atoms with Gasteiger partial charge in [-0.3, -0.25) is 4.72 Å². The Morgan fingerprint density at radius 1 is 1.07 bits per heavy atom. The second kappa shape index (κ2) is 9.09. The van der Waals surface area contributed by atoms with Crippen molar-refractivity contribution in [3.63, 3.8) is 0 Å². The third-order valence-electron chi connectivity index (χ3n) is 3.92. The zero-order chi connectivity index (χ0) is 21.0. The van der Waals surface area contributed by atoms with Crippen LogP contribution in [0.2, 0.25) is 10.0 Å². The van der Waals surface area contributed by atoms with Crippen LogP contribution in [-0.4, -0.2) is 13.4 Å². The number of ether oxygens (including phenoxy) is 1. The van der Waals surface area contributed by atoms with Crippen molar-refractivity contribution in [3.8, 4) is 0 Å². The number of anilines is 1. The number of hydrogen-bond donors (Lipinski definition) is 1. The Bertz CT molecular complexity index is 1120. The molecule has 0 spiro atoms. The van der Waals surface area contributed by atoms with Crippen LogP contribution in [-0.2, 0) is 28.0 Å². The first-order chi connectivity index (χ1) is 13.7. The molecule has 3 rings (SSSR count). The molecule has 0 amide bonds. The lowest BCUT2D eigenvalue weighted by molar-refractivity contribution is 0.104. The van der Waals surface area contributed by atoms with Gasteiger partial charge in [-0.15, -0.1) is 0 Å². The van der Waals surface area contributed by atoms with Crippen molar-refractivity contribution in [2.45, 2.75) is 25.0 Å². The number of pyridine rings is 1. The highest BCUT2D eigenvalue weighted by atomic mass is 35.5. The van der Waals surface area contributed by atoms with E-state index in [-0.39, 0.29) is 34.8 Å². The van der Waals surface area contributed by atoms with E-state index in [0.29, 0.717) is 21.8 Å². The van der Waals surface area contributed by atoms with Crippen LogP contribution in [0.15, 0.2) is 59.5 Å². The number of aryl methyl sites for hydroxylation is 1. The summed E-state index contributed by atoms with van der Waals surface area (Å²) < 4.78 is 46.7. The highest BCUT2D eigenvalue weighted by Gasteiger charge is 2.22. The maximum absolute atomic E-state index is 13.2. The average Bonchev–Trinajstić information content (AvgIpc) is 2.60. The minimum Gasteiger partial charge on any atom is -0.370 e. The molecule has 0 radical (unpaired) electrons. The standard InChI is InChI=1S/C20H17Cl2FN2O3S/c1-13-8-15(21)10-18(22)20(13)29(26,27)25-19-7-3-6-17(24-19)12-28-11-14-4-2-5-16(23)9-14/h2-10H,11-12H2,1H3,(H,24,25). The van der Waals surface area contributed by atoms with Gasteiger partial charge in [0.05, 0.1) is 23.9 Å². The first-order valence-corrected chi connectivity index (χ1v) is 10.7. The first-order valence-electron chi connectivity index (χ1n) is 8.51. The van der Waals surface area contributed by atoms with Crippen molar-refractivity contribution in [1.82, 2.24) is 4.98 Å². The van der Waals surface area contributed by atoms with Crippen molar-refractivity contribution in [1.29, 1.82) is 0 Å². The maximum Gasteiger partial charge on any atom is 0.264 e. The molecule has 3 aromatic rings. The van der Waals surface area contributed by atoms with Crippen LogP contribution in [0.4, 0.5) is 10.2 Å². The quantitative estimate of drug-likeness (QED) is 0.521. The van der Waals surface area contributed by atoms with Gasteiger partial charge in [-0.2, -0.15) is 0 Å². The predicted molar refractivity (Wildman–Crippen MR) is 111 cm³/mol. The molecule has 0 aliphatic heterocycles. The van der Waals surface area contributed by atoms with Gasteiger partial charge in [0.15, 0.2) is 0 Å². The summed E-state index contributed by atoms with van der Waals surface area (Å²) in [6.07, 6.45) is 0. The molecule has 152 valence electrons. The Hall–Kier alpha value is -2.19. The molecule has 0 atom stereocenters. The van der Waals surface area contributed by atoms with Gasteiger partial charge in [0.1, 0.15) is 16.5 Å². The topological polar surface area (TPSA) is 68.3 Å². The molecule has 1 aromatic heterocycles. The summed E-state index contributed by atoms with van der Waals surface area (Å²) in [6, 6.07) is 13.9. The van der Waals surface area contributed by atoms with Gasteiger partial charge in [-0.25, -0.2) is 17.8 Å². The minimum atomic E-state index is -3.96. The molecular formula is C20H17Cl2FN2O3S. The highest BCUT2D eigenvalue weighted by molar-refractivity contribution is 7.92. The lowest BCUT2D eigenvalue weighted by Gasteiger charge is -2.12. The first kappa shape index (κ1) is 21.5. The zero-order valence-corrected chi connectivity index (χ0v) is 17.7. The van der Waals surface area contributed by atoms with Gasteiger partial charge in [0.25, 0.3) is 10.0 Å². The van der Waals surface area contributed by atoms with Crippen molar-refractivity contribution in [3.05, 3.63) is 87.3 Å². The second-order valence-corrected chi connectivity index (χ2v) is 8.74. The second-order valence-electron chi connectivity index (χ2n) is 6.28. The maximum atomic E-state index is 13.2. The third kappa shape index (κ3) is 5.67. The molecule has 0 bridgehead atoms. The number of nitrogens with one attached hydrogen (secondary N) is 1. The largest absolute Gasteiger partial charge is 0.370 e. The van der Waals surface area contributed by atoms with Crippen LogP contribution in [0.3, 0.4) is 0 Å². The molecule has 2 aromatic carbocycles. The fourth-order valence-electron chi connectivity index (χ4n) is 2.74. The molecule has 0 unspecified atom stereocenters. The van der Waals surface area contributed by atoms with Crippen LogP contribution in [0.1, 0.15) is 16.8 Å².